The molecule has 162 valence electrons. The van der Waals surface area contributed by atoms with E-state index in [9.17, 15) is 15.0 Å². The fourth-order valence-electron chi connectivity index (χ4n) is 4.07. The maximum atomic E-state index is 13.3. The summed E-state index contributed by atoms with van der Waals surface area (Å²) in [7, 11) is 0. The number of aromatic nitrogens is 2. The maximum Gasteiger partial charge on any atom is 0.273 e. The number of ether oxygens (including phenoxy) is 1. The molecule has 2 aromatic carbocycles. The van der Waals surface area contributed by atoms with Gasteiger partial charge in [0, 0.05) is 24.3 Å². The highest BCUT2D eigenvalue weighted by Crippen LogP contribution is 2.45. The summed E-state index contributed by atoms with van der Waals surface area (Å²) in [6.07, 6.45) is 0.811. The Morgan fingerprint density at radius 3 is 2.74 bits per heavy atom. The zero-order valence-corrected chi connectivity index (χ0v) is 17.9. The minimum atomic E-state index is -0.428. The highest BCUT2D eigenvalue weighted by atomic mass is 16.5. The lowest BCUT2D eigenvalue weighted by Crippen LogP contribution is -2.31. The number of phenols is 2. The Bertz CT molecular complexity index is 1110. The van der Waals surface area contributed by atoms with Gasteiger partial charge in [0.15, 0.2) is 0 Å². The maximum absolute atomic E-state index is 13.3. The summed E-state index contributed by atoms with van der Waals surface area (Å²) in [5, 5.41) is 27.8. The van der Waals surface area contributed by atoms with Gasteiger partial charge in [0.25, 0.3) is 5.91 Å². The second-order valence-electron chi connectivity index (χ2n) is 8.15. The summed E-state index contributed by atoms with van der Waals surface area (Å²) in [6, 6.07) is 11.8. The predicted octanol–water partition coefficient (Wildman–Crippen LogP) is 4.16. The number of carbonyl (C=O) groups excluding carboxylic acids is 1. The number of H-pyrrole nitrogens is 1. The molecule has 31 heavy (non-hydrogen) atoms. The normalized spacial score (nSPS) is 15.7. The number of hydrogen-bond donors (Lipinski definition) is 3. The van der Waals surface area contributed by atoms with Crippen molar-refractivity contribution >= 4 is 5.91 Å². The number of aryl methyl sites for hydroxylation is 1. The van der Waals surface area contributed by atoms with Crippen molar-refractivity contribution in [1.82, 2.24) is 15.1 Å². The molecule has 2 heterocycles. The van der Waals surface area contributed by atoms with Gasteiger partial charge in [0.2, 0.25) is 0 Å². The third-order valence-electron chi connectivity index (χ3n) is 5.45. The van der Waals surface area contributed by atoms with Gasteiger partial charge in [0.1, 0.15) is 22.9 Å². The van der Waals surface area contributed by atoms with Crippen LogP contribution in [0.4, 0.5) is 0 Å². The fraction of sp³-hybridized carbons (Fsp3) is 0.333. The number of carbonyl (C=O) groups is 1. The number of rotatable bonds is 7. The monoisotopic (exact) mass is 421 g/mol. The van der Waals surface area contributed by atoms with Crippen LogP contribution in [0.1, 0.15) is 53.5 Å². The van der Waals surface area contributed by atoms with Crippen LogP contribution in [0.5, 0.6) is 11.5 Å². The van der Waals surface area contributed by atoms with Crippen LogP contribution >= 0.6 is 0 Å². The van der Waals surface area contributed by atoms with Crippen LogP contribution in [0.3, 0.4) is 0 Å². The Morgan fingerprint density at radius 1 is 1.19 bits per heavy atom. The topological polar surface area (TPSA) is 98.7 Å². The minimum Gasteiger partial charge on any atom is -0.508 e. The number of phenolic OH excluding ortho intramolecular Hbond substituents is 2. The van der Waals surface area contributed by atoms with Gasteiger partial charge in [-0.25, -0.2) is 0 Å². The van der Waals surface area contributed by atoms with Gasteiger partial charge in [0.05, 0.1) is 12.1 Å². The van der Waals surface area contributed by atoms with Crippen molar-refractivity contribution in [2.24, 2.45) is 0 Å². The Kier molecular flexibility index (Phi) is 5.69. The lowest BCUT2D eigenvalue weighted by Gasteiger charge is -2.26. The lowest BCUT2D eigenvalue weighted by molar-refractivity contribution is 0.0601. The van der Waals surface area contributed by atoms with Gasteiger partial charge in [-0.1, -0.05) is 23.8 Å². The summed E-state index contributed by atoms with van der Waals surface area (Å²) >= 11 is 0. The van der Waals surface area contributed by atoms with Crippen LogP contribution < -0.4 is 0 Å². The van der Waals surface area contributed by atoms with Crippen molar-refractivity contribution in [2.75, 3.05) is 13.2 Å². The second-order valence-corrected chi connectivity index (χ2v) is 8.15. The average Bonchev–Trinajstić information content (AvgIpc) is 3.26. The van der Waals surface area contributed by atoms with Crippen LogP contribution in [-0.2, 0) is 4.74 Å². The van der Waals surface area contributed by atoms with E-state index in [0.29, 0.717) is 42.1 Å². The van der Waals surface area contributed by atoms with Crippen molar-refractivity contribution < 1.29 is 19.7 Å². The molecule has 1 aliphatic rings. The highest BCUT2D eigenvalue weighted by Gasteiger charge is 2.42. The fourth-order valence-corrected chi connectivity index (χ4v) is 4.07. The predicted molar refractivity (Wildman–Crippen MR) is 117 cm³/mol. The number of aromatic hydroxyl groups is 2. The molecule has 3 N–H and O–H groups in total. The molecule has 0 aliphatic carbocycles. The molecule has 0 saturated heterocycles. The van der Waals surface area contributed by atoms with Crippen LogP contribution in [0.25, 0.3) is 11.3 Å². The number of aromatic amines is 1. The van der Waals surface area contributed by atoms with Gasteiger partial charge in [-0.2, -0.15) is 5.10 Å². The molecule has 1 atom stereocenters. The number of benzene rings is 2. The van der Waals surface area contributed by atoms with Crippen molar-refractivity contribution in [3.8, 4) is 22.8 Å². The van der Waals surface area contributed by atoms with Crippen molar-refractivity contribution in [1.29, 1.82) is 0 Å². The van der Waals surface area contributed by atoms with Gasteiger partial charge < -0.3 is 19.8 Å². The molecule has 0 spiro atoms. The van der Waals surface area contributed by atoms with Crippen LogP contribution in [0, 0.1) is 6.92 Å². The van der Waals surface area contributed by atoms with E-state index in [4.69, 9.17) is 4.74 Å². The molecule has 1 aromatic heterocycles. The van der Waals surface area contributed by atoms with Gasteiger partial charge in [-0.05, 0) is 57.0 Å². The summed E-state index contributed by atoms with van der Waals surface area (Å²) in [6.45, 7) is 6.94. The summed E-state index contributed by atoms with van der Waals surface area (Å²) in [4.78, 5) is 15.1. The molecule has 0 saturated carbocycles. The number of nitrogens with one attached hydrogen (secondary N) is 1. The van der Waals surface area contributed by atoms with Crippen molar-refractivity contribution in [3.05, 3.63) is 64.8 Å². The smallest absolute Gasteiger partial charge is 0.273 e. The first-order chi connectivity index (χ1) is 14.9. The Morgan fingerprint density at radius 2 is 2.00 bits per heavy atom. The molecule has 0 radical (unpaired) electrons. The minimum absolute atomic E-state index is 0.103. The zero-order valence-electron chi connectivity index (χ0n) is 17.9. The average molecular weight is 421 g/mol. The molecule has 1 aliphatic heterocycles. The molecular weight excluding hydrogens is 394 g/mol. The van der Waals surface area contributed by atoms with E-state index in [2.05, 4.69) is 10.2 Å². The first kappa shape index (κ1) is 20.9. The summed E-state index contributed by atoms with van der Waals surface area (Å²) < 4.78 is 5.65. The Hall–Kier alpha value is -3.32. The quantitative estimate of drug-likeness (QED) is 0.498. The van der Waals surface area contributed by atoms with Crippen molar-refractivity contribution in [3.63, 3.8) is 0 Å². The third-order valence-corrected chi connectivity index (χ3v) is 5.45. The number of amides is 1. The van der Waals surface area contributed by atoms with E-state index in [-0.39, 0.29) is 23.5 Å². The number of hydrogen-bond acceptors (Lipinski definition) is 5. The molecule has 7 heteroatoms. The molecule has 7 nitrogen and oxygen atoms in total. The van der Waals surface area contributed by atoms with E-state index in [1.807, 2.05) is 39.0 Å². The van der Waals surface area contributed by atoms with Gasteiger partial charge in [-0.15, -0.1) is 0 Å². The first-order valence-electron chi connectivity index (χ1n) is 10.5. The van der Waals surface area contributed by atoms with Crippen LogP contribution in [0.15, 0.2) is 42.5 Å². The van der Waals surface area contributed by atoms with Crippen molar-refractivity contribution in [2.45, 2.75) is 39.3 Å². The number of nitrogens with zero attached hydrogens (tertiary/aromatic N) is 2. The summed E-state index contributed by atoms with van der Waals surface area (Å²) in [5.74, 6) is 0.0783. The number of fused-ring (bicyclic) bond motifs is 1. The van der Waals surface area contributed by atoms with Gasteiger partial charge >= 0.3 is 0 Å². The molecule has 0 unspecified atom stereocenters. The molecule has 1 amide bonds. The standard InChI is InChI=1S/C24H27N3O4/c1-14(2)31-11-5-10-27-23(16-6-4-7-17(28)13-16)20-21(25-26-22(20)24(27)30)18-12-15(3)8-9-19(18)29/h4,6-9,12-14,23,28-29H,5,10-11H2,1-3H3,(H,25,26)/t23-/m0/s1. The van der Waals surface area contributed by atoms with E-state index >= 15 is 0 Å². The first-order valence-corrected chi connectivity index (χ1v) is 10.5. The SMILES string of the molecule is Cc1ccc(O)c(-c2n[nH]c3c2[C@H](c2cccc(O)c2)N(CCCOC(C)C)C3=O)c1. The zero-order chi connectivity index (χ0) is 22.1. The molecule has 3 aromatic rings. The molecular formula is C24H27N3O4. The molecule has 0 bridgehead atoms. The Labute approximate surface area is 181 Å². The van der Waals surface area contributed by atoms with E-state index < -0.39 is 6.04 Å². The molecule has 0 fully saturated rings. The lowest BCUT2D eigenvalue weighted by atomic mass is 9.95. The Balaban J connectivity index is 1.78. The van der Waals surface area contributed by atoms with Gasteiger partial charge in [-0.3, -0.25) is 9.89 Å². The van der Waals surface area contributed by atoms with E-state index in [1.54, 1.807) is 29.2 Å². The summed E-state index contributed by atoms with van der Waals surface area (Å²) in [5.41, 5.74) is 3.99. The third kappa shape index (κ3) is 4.01. The van der Waals surface area contributed by atoms with E-state index in [1.165, 1.54) is 0 Å². The van der Waals surface area contributed by atoms with Crippen LogP contribution in [-0.4, -0.2) is 50.5 Å². The second kappa shape index (κ2) is 8.43. The largest absolute Gasteiger partial charge is 0.508 e. The highest BCUT2D eigenvalue weighted by molar-refractivity contribution is 6.00. The van der Waals surface area contributed by atoms with Crippen LogP contribution in [0.2, 0.25) is 0 Å². The molecule has 4 rings (SSSR count). The van der Waals surface area contributed by atoms with E-state index in [0.717, 1.165) is 11.1 Å².